The fourth-order valence-corrected chi connectivity index (χ4v) is 0.963. The topological polar surface area (TPSA) is 97.5 Å². The second-order valence-electron chi connectivity index (χ2n) is 2.55. The van der Waals surface area contributed by atoms with Crippen LogP contribution in [-0.4, -0.2) is 21.8 Å². The van der Waals surface area contributed by atoms with Crippen molar-refractivity contribution < 1.29 is 24.0 Å². The number of benzene rings is 1. The van der Waals surface area contributed by atoms with Crippen LogP contribution in [0.2, 0.25) is 0 Å². The smallest absolute Gasteiger partial charge is 0.377 e. The number of nitrogens with zero attached hydrogens (tertiary/aromatic N) is 1. The normalized spacial score (nSPS) is 9.67. The van der Waals surface area contributed by atoms with Gasteiger partial charge in [0.05, 0.1) is 11.0 Å². The second-order valence-corrected chi connectivity index (χ2v) is 2.55. The molecule has 0 fully saturated rings. The van der Waals surface area contributed by atoms with Gasteiger partial charge in [-0.25, -0.2) is 9.18 Å². The van der Waals surface area contributed by atoms with Gasteiger partial charge in [0, 0.05) is 0 Å². The average Bonchev–Trinajstić information content (AvgIpc) is 2.16. The minimum Gasteiger partial charge on any atom is -0.475 e. The van der Waals surface area contributed by atoms with Crippen molar-refractivity contribution in [2.45, 2.75) is 0 Å². The summed E-state index contributed by atoms with van der Waals surface area (Å²) < 4.78 is 12.6. The molecule has 0 bridgehead atoms. The maximum Gasteiger partial charge on any atom is 0.377 e. The first-order chi connectivity index (χ1) is 6.93. The van der Waals surface area contributed by atoms with E-state index in [1.807, 2.05) is 0 Å². The molecule has 0 aromatic heterocycles. The molecule has 6 nitrogen and oxygen atoms in total. The Morgan fingerprint density at radius 2 is 2.00 bits per heavy atom. The molecule has 15 heavy (non-hydrogen) atoms. The molecule has 0 atom stereocenters. The van der Waals surface area contributed by atoms with E-state index in [1.165, 1.54) is 0 Å². The van der Waals surface area contributed by atoms with Crippen molar-refractivity contribution in [3.05, 3.63) is 39.7 Å². The molecule has 7 heteroatoms. The first-order valence-electron chi connectivity index (χ1n) is 3.65. The number of halogens is 1. The first-order valence-corrected chi connectivity index (χ1v) is 3.65. The Morgan fingerprint density at radius 1 is 1.40 bits per heavy atom. The fourth-order valence-electron chi connectivity index (χ4n) is 0.963. The zero-order valence-corrected chi connectivity index (χ0v) is 7.14. The Hall–Kier alpha value is -2.31. The summed E-state index contributed by atoms with van der Waals surface area (Å²) in [7, 11) is 0. The third-order valence-electron chi connectivity index (χ3n) is 1.60. The predicted octanol–water partition coefficient (Wildman–Crippen LogP) is 1.00. The van der Waals surface area contributed by atoms with Crippen LogP contribution in [0, 0.1) is 15.9 Å². The maximum atomic E-state index is 12.6. The van der Waals surface area contributed by atoms with Gasteiger partial charge in [0.2, 0.25) is 0 Å². The highest BCUT2D eigenvalue weighted by atomic mass is 19.1. The van der Waals surface area contributed by atoms with Crippen LogP contribution in [0.4, 0.5) is 10.1 Å². The number of carbonyl (C=O) groups excluding carboxylic acids is 1. The lowest BCUT2D eigenvalue weighted by molar-refractivity contribution is -0.385. The summed E-state index contributed by atoms with van der Waals surface area (Å²) in [6.07, 6.45) is 0. The van der Waals surface area contributed by atoms with Gasteiger partial charge in [0.25, 0.3) is 11.5 Å². The molecule has 0 radical (unpaired) electrons. The van der Waals surface area contributed by atoms with Gasteiger partial charge >= 0.3 is 5.97 Å². The lowest BCUT2D eigenvalue weighted by Gasteiger charge is -1.98. The summed E-state index contributed by atoms with van der Waals surface area (Å²) in [6.45, 7) is 0. The van der Waals surface area contributed by atoms with Crippen LogP contribution in [0.1, 0.15) is 10.4 Å². The molecule has 0 aliphatic carbocycles. The number of nitro benzene ring substituents is 1. The highest BCUT2D eigenvalue weighted by Gasteiger charge is 2.25. The number of ketones is 1. The largest absolute Gasteiger partial charge is 0.475 e. The van der Waals surface area contributed by atoms with Crippen LogP contribution >= 0.6 is 0 Å². The minimum atomic E-state index is -1.83. The maximum absolute atomic E-state index is 12.6. The third-order valence-corrected chi connectivity index (χ3v) is 1.60. The summed E-state index contributed by atoms with van der Waals surface area (Å²) in [5.41, 5.74) is -1.50. The number of hydrogen-bond donors (Lipinski definition) is 1. The third kappa shape index (κ3) is 2.13. The Labute approximate surface area is 82.1 Å². The molecule has 0 unspecified atom stereocenters. The number of nitro groups is 1. The summed E-state index contributed by atoms with van der Waals surface area (Å²) in [6, 6.07) is 2.04. The van der Waals surface area contributed by atoms with Crippen LogP contribution < -0.4 is 0 Å². The van der Waals surface area contributed by atoms with E-state index < -0.39 is 33.7 Å². The van der Waals surface area contributed by atoms with Gasteiger partial charge in [-0.05, 0) is 12.1 Å². The molecule has 0 spiro atoms. The summed E-state index contributed by atoms with van der Waals surface area (Å²) in [5, 5.41) is 18.7. The molecule has 1 N–H and O–H groups in total. The van der Waals surface area contributed by atoms with Gasteiger partial charge in [-0.1, -0.05) is 0 Å². The molecule has 0 heterocycles. The van der Waals surface area contributed by atoms with E-state index in [0.717, 1.165) is 12.1 Å². The highest BCUT2D eigenvalue weighted by Crippen LogP contribution is 2.20. The van der Waals surface area contributed by atoms with E-state index in [4.69, 9.17) is 5.11 Å². The zero-order valence-electron chi connectivity index (χ0n) is 7.14. The predicted molar refractivity (Wildman–Crippen MR) is 45.0 cm³/mol. The summed E-state index contributed by atoms with van der Waals surface area (Å²) >= 11 is 0. The van der Waals surface area contributed by atoms with Crippen molar-refractivity contribution in [2.75, 3.05) is 0 Å². The van der Waals surface area contributed by atoms with Gasteiger partial charge < -0.3 is 5.11 Å². The molecular formula is C8H4FNO5. The second kappa shape index (κ2) is 3.82. The van der Waals surface area contributed by atoms with Gasteiger partial charge in [-0.15, -0.1) is 0 Å². The molecule has 1 aromatic rings. The van der Waals surface area contributed by atoms with Crippen LogP contribution in [-0.2, 0) is 4.79 Å². The van der Waals surface area contributed by atoms with E-state index >= 15 is 0 Å². The van der Waals surface area contributed by atoms with Gasteiger partial charge in [-0.3, -0.25) is 14.9 Å². The number of hydrogen-bond acceptors (Lipinski definition) is 4. The van der Waals surface area contributed by atoms with E-state index in [0.29, 0.717) is 6.07 Å². The number of carboxylic acid groups (broad SMARTS) is 1. The molecule has 78 valence electrons. The summed E-state index contributed by atoms with van der Waals surface area (Å²) in [4.78, 5) is 30.6. The minimum absolute atomic E-state index is 0.496. The molecule has 0 amide bonds. The quantitative estimate of drug-likeness (QED) is 0.349. The SMILES string of the molecule is O=C(O)C(=O)c1ccc(F)cc1[N+](=O)[O-]. The van der Waals surface area contributed by atoms with Crippen molar-refractivity contribution in [1.29, 1.82) is 0 Å². The van der Waals surface area contributed by atoms with Crippen molar-refractivity contribution >= 4 is 17.4 Å². The van der Waals surface area contributed by atoms with E-state index in [2.05, 4.69) is 0 Å². The Bertz CT molecular complexity index is 456. The summed E-state index contributed by atoms with van der Waals surface area (Å²) in [5.74, 6) is -4.19. The van der Waals surface area contributed by atoms with E-state index in [1.54, 1.807) is 0 Å². The number of carboxylic acids is 1. The Balaban J connectivity index is 3.35. The number of rotatable bonds is 3. The monoisotopic (exact) mass is 213 g/mol. The molecular weight excluding hydrogens is 209 g/mol. The lowest BCUT2D eigenvalue weighted by atomic mass is 10.1. The van der Waals surface area contributed by atoms with E-state index in [-0.39, 0.29) is 0 Å². The van der Waals surface area contributed by atoms with Crippen molar-refractivity contribution in [3.8, 4) is 0 Å². The lowest BCUT2D eigenvalue weighted by Crippen LogP contribution is -2.14. The molecule has 0 saturated carbocycles. The number of Topliss-reactive ketones (excluding diaryl/α,β-unsaturated/α-hetero) is 1. The molecule has 0 saturated heterocycles. The Morgan fingerprint density at radius 3 is 2.47 bits per heavy atom. The van der Waals surface area contributed by atoms with Gasteiger partial charge in [0.15, 0.2) is 0 Å². The fraction of sp³-hybridized carbons (Fsp3) is 0. The molecule has 0 aliphatic rings. The molecule has 0 aliphatic heterocycles. The number of carbonyl (C=O) groups is 2. The van der Waals surface area contributed by atoms with Crippen LogP contribution in [0.3, 0.4) is 0 Å². The molecule has 1 rings (SSSR count). The standard InChI is InChI=1S/C8H4FNO5/c9-4-1-2-5(7(11)8(12)13)6(3-4)10(14)15/h1-3H,(H,12,13). The van der Waals surface area contributed by atoms with Gasteiger partial charge in [-0.2, -0.15) is 0 Å². The molecule has 1 aromatic carbocycles. The number of aliphatic carboxylic acids is 1. The van der Waals surface area contributed by atoms with Crippen molar-refractivity contribution in [3.63, 3.8) is 0 Å². The average molecular weight is 213 g/mol. The first kappa shape index (κ1) is 10.8. The van der Waals surface area contributed by atoms with Crippen LogP contribution in [0.15, 0.2) is 18.2 Å². The zero-order chi connectivity index (χ0) is 11.6. The van der Waals surface area contributed by atoms with E-state index in [9.17, 15) is 24.1 Å². The van der Waals surface area contributed by atoms with Crippen molar-refractivity contribution in [1.82, 2.24) is 0 Å². The van der Waals surface area contributed by atoms with Crippen LogP contribution in [0.25, 0.3) is 0 Å². The van der Waals surface area contributed by atoms with Crippen LogP contribution in [0.5, 0.6) is 0 Å². The highest BCUT2D eigenvalue weighted by molar-refractivity contribution is 6.40. The Kier molecular flexibility index (Phi) is 2.75. The van der Waals surface area contributed by atoms with Crippen molar-refractivity contribution in [2.24, 2.45) is 0 Å². The van der Waals surface area contributed by atoms with Gasteiger partial charge in [0.1, 0.15) is 11.4 Å².